The molecule has 0 spiro atoms. The molecule has 0 aliphatic heterocycles. The van der Waals surface area contributed by atoms with Gasteiger partial charge in [-0.15, -0.1) is 0 Å². The number of hydrogen-bond donors (Lipinski definition) is 1. The monoisotopic (exact) mass is 278 g/mol. The fourth-order valence-electron chi connectivity index (χ4n) is 2.51. The minimum atomic E-state index is -1.76. The Morgan fingerprint density at radius 3 is 2.32 bits per heavy atom. The van der Waals surface area contributed by atoms with Gasteiger partial charge in [0.05, 0.1) is 12.7 Å². The van der Waals surface area contributed by atoms with E-state index in [2.05, 4.69) is 58.1 Å². The average molecular weight is 278 g/mol. The zero-order valence-corrected chi connectivity index (χ0v) is 13.7. The van der Waals surface area contributed by atoms with Gasteiger partial charge in [-0.25, -0.2) is 0 Å². The van der Waals surface area contributed by atoms with Gasteiger partial charge in [0.2, 0.25) is 0 Å². The summed E-state index contributed by atoms with van der Waals surface area (Å²) in [5, 5.41) is 9.77. The van der Waals surface area contributed by atoms with Crippen LogP contribution in [0.5, 0.6) is 0 Å². The quantitative estimate of drug-likeness (QED) is 0.838. The summed E-state index contributed by atoms with van der Waals surface area (Å²) in [6.45, 7) is 11.6. The molecular formula is C16H26O2Si. The molecular weight excluding hydrogens is 252 g/mol. The summed E-state index contributed by atoms with van der Waals surface area (Å²) in [4.78, 5) is 0. The Labute approximate surface area is 117 Å². The normalized spacial score (nSPS) is 23.5. The van der Waals surface area contributed by atoms with Gasteiger partial charge in [-0.2, -0.15) is 0 Å². The molecule has 1 N–H and O–H groups in total. The lowest BCUT2D eigenvalue weighted by Gasteiger charge is -2.38. The number of hydrogen-bond acceptors (Lipinski definition) is 2. The van der Waals surface area contributed by atoms with Crippen LogP contribution < -0.4 is 0 Å². The predicted octanol–water partition coefficient (Wildman–Crippen LogP) is 4.23. The second-order valence-electron chi connectivity index (χ2n) is 7.11. The van der Waals surface area contributed by atoms with Gasteiger partial charge >= 0.3 is 0 Å². The van der Waals surface area contributed by atoms with E-state index in [1.165, 1.54) is 11.1 Å². The molecule has 0 saturated heterocycles. The molecule has 3 heteroatoms. The number of rotatable bonds is 3. The molecule has 1 aromatic rings. The van der Waals surface area contributed by atoms with E-state index >= 15 is 0 Å². The van der Waals surface area contributed by atoms with Gasteiger partial charge in [-0.1, -0.05) is 45.0 Å². The van der Waals surface area contributed by atoms with E-state index in [-0.39, 0.29) is 23.7 Å². The maximum Gasteiger partial charge on any atom is 0.192 e. The van der Waals surface area contributed by atoms with Crippen molar-refractivity contribution in [3.63, 3.8) is 0 Å². The maximum atomic E-state index is 9.54. The van der Waals surface area contributed by atoms with Gasteiger partial charge in [0, 0.05) is 5.92 Å². The fraction of sp³-hybridized carbons (Fsp3) is 0.625. The fourth-order valence-corrected chi connectivity index (χ4v) is 3.79. The van der Waals surface area contributed by atoms with Crippen LogP contribution in [0, 0.1) is 0 Å². The van der Waals surface area contributed by atoms with Crippen LogP contribution in [0.1, 0.15) is 50.3 Å². The van der Waals surface area contributed by atoms with E-state index < -0.39 is 8.32 Å². The third-order valence-corrected chi connectivity index (χ3v) is 9.23. The van der Waals surface area contributed by atoms with Crippen molar-refractivity contribution < 1.29 is 9.53 Å². The van der Waals surface area contributed by atoms with Crippen LogP contribution in [0.3, 0.4) is 0 Å². The van der Waals surface area contributed by atoms with Crippen LogP contribution in [0.4, 0.5) is 0 Å². The first-order valence-electron chi connectivity index (χ1n) is 7.14. The summed E-state index contributed by atoms with van der Waals surface area (Å²) < 4.78 is 6.55. The van der Waals surface area contributed by atoms with E-state index in [1.54, 1.807) is 0 Å². The van der Waals surface area contributed by atoms with E-state index in [0.717, 1.165) is 6.42 Å². The van der Waals surface area contributed by atoms with E-state index in [0.29, 0.717) is 0 Å². The first-order chi connectivity index (χ1) is 8.76. The van der Waals surface area contributed by atoms with Crippen LogP contribution in [0.15, 0.2) is 24.3 Å². The highest BCUT2D eigenvalue weighted by atomic mass is 28.4. The third kappa shape index (κ3) is 2.78. The molecule has 2 nitrogen and oxygen atoms in total. The lowest BCUT2D eigenvalue weighted by molar-refractivity contribution is 0.164. The predicted molar refractivity (Wildman–Crippen MR) is 81.9 cm³/mol. The molecule has 0 heterocycles. The Balaban J connectivity index is 2.25. The lowest BCUT2D eigenvalue weighted by atomic mass is 10.0. The average Bonchev–Trinajstić information content (AvgIpc) is 2.66. The smallest absolute Gasteiger partial charge is 0.192 e. The summed E-state index contributed by atoms with van der Waals surface area (Å²) in [6, 6.07) is 8.41. The Kier molecular flexibility index (Phi) is 3.91. The van der Waals surface area contributed by atoms with Crippen molar-refractivity contribution in [1.29, 1.82) is 0 Å². The molecule has 1 aromatic carbocycles. The van der Waals surface area contributed by atoms with Crippen molar-refractivity contribution in [2.45, 2.75) is 57.3 Å². The van der Waals surface area contributed by atoms with Gasteiger partial charge in [0.25, 0.3) is 0 Å². The van der Waals surface area contributed by atoms with Crippen molar-refractivity contribution in [3.8, 4) is 0 Å². The van der Waals surface area contributed by atoms with Crippen molar-refractivity contribution in [2.75, 3.05) is 6.61 Å². The summed E-state index contributed by atoms with van der Waals surface area (Å²) in [7, 11) is -1.76. The first kappa shape index (κ1) is 14.8. The van der Waals surface area contributed by atoms with Crippen molar-refractivity contribution in [1.82, 2.24) is 0 Å². The summed E-state index contributed by atoms with van der Waals surface area (Å²) >= 11 is 0. The zero-order chi connectivity index (χ0) is 14.3. The van der Waals surface area contributed by atoms with Crippen LogP contribution in [0.25, 0.3) is 0 Å². The van der Waals surface area contributed by atoms with E-state index in [4.69, 9.17) is 4.43 Å². The van der Waals surface area contributed by atoms with Gasteiger partial charge in [-0.05, 0) is 35.7 Å². The molecule has 0 amide bonds. The molecule has 106 valence electrons. The SMILES string of the molecule is CC(C)(C)[Si](C)(C)O[C@H]1C[C@@H](CO)c2ccccc21. The molecule has 0 unspecified atom stereocenters. The maximum absolute atomic E-state index is 9.54. The van der Waals surface area contributed by atoms with Crippen molar-refractivity contribution in [3.05, 3.63) is 35.4 Å². The third-order valence-electron chi connectivity index (χ3n) is 4.74. The van der Waals surface area contributed by atoms with Gasteiger partial charge in [-0.3, -0.25) is 0 Å². The number of aliphatic hydroxyl groups excluding tert-OH is 1. The molecule has 1 aliphatic carbocycles. The summed E-state index contributed by atoms with van der Waals surface area (Å²) in [6.07, 6.45) is 1.08. The second kappa shape index (κ2) is 5.04. The molecule has 0 saturated carbocycles. The van der Waals surface area contributed by atoms with Gasteiger partial charge < -0.3 is 9.53 Å². The Bertz CT molecular complexity index is 448. The molecule has 0 aromatic heterocycles. The standard InChI is InChI=1S/C16H26O2Si/c1-16(2,3)19(4,5)18-15-10-12(11-17)13-8-6-7-9-14(13)15/h6-9,12,15,17H,10-11H2,1-5H3/t12-,15-/m0/s1. The molecule has 0 bridgehead atoms. The second-order valence-corrected chi connectivity index (χ2v) is 11.9. The highest BCUT2D eigenvalue weighted by molar-refractivity contribution is 6.74. The first-order valence-corrected chi connectivity index (χ1v) is 10.0. The van der Waals surface area contributed by atoms with Gasteiger partial charge in [0.1, 0.15) is 0 Å². The molecule has 0 radical (unpaired) electrons. The molecule has 19 heavy (non-hydrogen) atoms. The number of fused-ring (bicyclic) bond motifs is 1. The van der Waals surface area contributed by atoms with Crippen LogP contribution in [-0.4, -0.2) is 20.0 Å². The molecule has 2 atom stereocenters. The highest BCUT2D eigenvalue weighted by Crippen LogP contribution is 2.47. The van der Waals surface area contributed by atoms with E-state index in [9.17, 15) is 5.11 Å². The summed E-state index contributed by atoms with van der Waals surface area (Å²) in [5.74, 6) is 0.242. The molecule has 0 fully saturated rings. The topological polar surface area (TPSA) is 29.5 Å². The number of aliphatic hydroxyl groups is 1. The lowest BCUT2D eigenvalue weighted by Crippen LogP contribution is -2.41. The largest absolute Gasteiger partial charge is 0.410 e. The van der Waals surface area contributed by atoms with Crippen LogP contribution in [-0.2, 0) is 4.43 Å². The number of benzene rings is 1. The minimum Gasteiger partial charge on any atom is -0.410 e. The highest BCUT2D eigenvalue weighted by Gasteiger charge is 2.42. The van der Waals surface area contributed by atoms with Crippen molar-refractivity contribution in [2.24, 2.45) is 0 Å². The Morgan fingerprint density at radius 2 is 1.79 bits per heavy atom. The van der Waals surface area contributed by atoms with E-state index in [1.807, 2.05) is 0 Å². The van der Waals surface area contributed by atoms with Gasteiger partial charge in [0.15, 0.2) is 8.32 Å². The Morgan fingerprint density at radius 1 is 1.21 bits per heavy atom. The molecule has 1 aliphatic rings. The summed E-state index contributed by atoms with van der Waals surface area (Å²) in [5.41, 5.74) is 2.56. The molecule has 2 rings (SSSR count). The van der Waals surface area contributed by atoms with Crippen LogP contribution >= 0.6 is 0 Å². The van der Waals surface area contributed by atoms with Crippen LogP contribution in [0.2, 0.25) is 18.1 Å². The Hall–Kier alpha value is -0.643. The zero-order valence-electron chi connectivity index (χ0n) is 12.7. The minimum absolute atomic E-state index is 0.161. The van der Waals surface area contributed by atoms with Crippen molar-refractivity contribution >= 4 is 8.32 Å².